The molecule has 0 saturated carbocycles. The minimum absolute atomic E-state index is 0.157. The van der Waals surface area contributed by atoms with E-state index >= 15 is 0 Å². The molecule has 3 rings (SSSR count). The molecule has 1 aromatic rings. The van der Waals surface area contributed by atoms with Gasteiger partial charge in [-0.25, -0.2) is 0 Å². The number of ether oxygens (including phenoxy) is 1. The summed E-state index contributed by atoms with van der Waals surface area (Å²) in [4.78, 5) is 14.5. The van der Waals surface area contributed by atoms with Crippen LogP contribution in [0.5, 0.6) is 0 Å². The topological polar surface area (TPSA) is 41.6 Å². The van der Waals surface area contributed by atoms with Gasteiger partial charge in [0.15, 0.2) is 0 Å². The number of carbonyl (C=O) groups is 1. The van der Waals surface area contributed by atoms with Crippen LogP contribution in [0.4, 0.5) is 0 Å². The fourth-order valence-electron chi connectivity index (χ4n) is 3.47. The second kappa shape index (κ2) is 7.75. The van der Waals surface area contributed by atoms with Gasteiger partial charge < -0.3 is 15.0 Å². The lowest BCUT2D eigenvalue weighted by molar-refractivity contribution is -0.127. The van der Waals surface area contributed by atoms with E-state index in [0.29, 0.717) is 5.92 Å². The van der Waals surface area contributed by atoms with E-state index in [0.717, 1.165) is 52.2 Å². The van der Waals surface area contributed by atoms with Gasteiger partial charge in [0.05, 0.1) is 0 Å². The number of nitrogens with one attached hydrogen (secondary N) is 1. The van der Waals surface area contributed by atoms with Crippen molar-refractivity contribution in [2.45, 2.75) is 25.2 Å². The largest absolute Gasteiger partial charge is 0.381 e. The SMILES string of the molecule is O=C(NCCN1CC[C@H](c2ccccc2)C1)C1CCOCC1. The summed E-state index contributed by atoms with van der Waals surface area (Å²) in [7, 11) is 0. The quantitative estimate of drug-likeness (QED) is 0.905. The molecule has 2 heterocycles. The van der Waals surface area contributed by atoms with Crippen LogP contribution < -0.4 is 5.32 Å². The zero-order valence-electron chi connectivity index (χ0n) is 13.2. The molecule has 0 radical (unpaired) electrons. The molecule has 0 spiro atoms. The second-order valence-corrected chi connectivity index (χ2v) is 6.37. The van der Waals surface area contributed by atoms with E-state index in [9.17, 15) is 4.79 Å². The van der Waals surface area contributed by atoms with E-state index in [4.69, 9.17) is 4.74 Å². The molecule has 2 saturated heterocycles. The fraction of sp³-hybridized carbons (Fsp3) is 0.611. The van der Waals surface area contributed by atoms with Gasteiger partial charge in [0, 0.05) is 38.8 Å². The van der Waals surface area contributed by atoms with Gasteiger partial charge in [-0.1, -0.05) is 30.3 Å². The minimum atomic E-state index is 0.157. The lowest BCUT2D eigenvalue weighted by Gasteiger charge is -2.22. The third-order valence-corrected chi connectivity index (χ3v) is 4.86. The van der Waals surface area contributed by atoms with Crippen molar-refractivity contribution in [2.24, 2.45) is 5.92 Å². The predicted molar refractivity (Wildman–Crippen MR) is 86.8 cm³/mol. The molecule has 2 aliphatic heterocycles. The summed E-state index contributed by atoms with van der Waals surface area (Å²) in [6.07, 6.45) is 2.95. The summed E-state index contributed by atoms with van der Waals surface area (Å²) >= 11 is 0. The third kappa shape index (κ3) is 4.08. The van der Waals surface area contributed by atoms with Gasteiger partial charge in [0.25, 0.3) is 0 Å². The van der Waals surface area contributed by atoms with Gasteiger partial charge in [0.2, 0.25) is 5.91 Å². The van der Waals surface area contributed by atoms with E-state index in [1.807, 2.05) is 0 Å². The second-order valence-electron chi connectivity index (χ2n) is 6.37. The monoisotopic (exact) mass is 302 g/mol. The molecular weight excluding hydrogens is 276 g/mol. The highest BCUT2D eigenvalue weighted by Crippen LogP contribution is 2.26. The zero-order chi connectivity index (χ0) is 15.2. The van der Waals surface area contributed by atoms with E-state index < -0.39 is 0 Å². The van der Waals surface area contributed by atoms with Crippen LogP contribution in [0.2, 0.25) is 0 Å². The van der Waals surface area contributed by atoms with Gasteiger partial charge in [0.1, 0.15) is 0 Å². The van der Waals surface area contributed by atoms with Crippen molar-refractivity contribution in [1.29, 1.82) is 0 Å². The average Bonchev–Trinajstić information content (AvgIpc) is 3.05. The molecule has 1 amide bonds. The van der Waals surface area contributed by atoms with Gasteiger partial charge >= 0.3 is 0 Å². The number of benzene rings is 1. The maximum absolute atomic E-state index is 12.1. The molecule has 0 unspecified atom stereocenters. The summed E-state index contributed by atoms with van der Waals surface area (Å²) in [5.74, 6) is 1.01. The van der Waals surface area contributed by atoms with Crippen molar-refractivity contribution < 1.29 is 9.53 Å². The van der Waals surface area contributed by atoms with E-state index in [2.05, 4.69) is 40.5 Å². The lowest BCUT2D eigenvalue weighted by Crippen LogP contribution is -2.38. The number of likely N-dealkylation sites (tertiary alicyclic amines) is 1. The number of hydrogen-bond acceptors (Lipinski definition) is 3. The molecule has 1 atom stereocenters. The molecule has 4 heteroatoms. The molecule has 22 heavy (non-hydrogen) atoms. The zero-order valence-corrected chi connectivity index (χ0v) is 13.2. The van der Waals surface area contributed by atoms with Crippen LogP contribution in [0.25, 0.3) is 0 Å². The first-order chi connectivity index (χ1) is 10.8. The van der Waals surface area contributed by atoms with Gasteiger partial charge in [-0.05, 0) is 37.3 Å². The molecule has 4 nitrogen and oxygen atoms in total. The molecule has 120 valence electrons. The standard InChI is InChI=1S/C18H26N2O2/c21-18(16-7-12-22-13-8-16)19-9-11-20-10-6-17(14-20)15-4-2-1-3-5-15/h1-5,16-17H,6-14H2,(H,19,21)/t17-/m0/s1. The summed E-state index contributed by atoms with van der Waals surface area (Å²) < 4.78 is 5.30. The minimum Gasteiger partial charge on any atom is -0.381 e. The summed E-state index contributed by atoms with van der Waals surface area (Å²) in [5.41, 5.74) is 1.44. The van der Waals surface area contributed by atoms with E-state index in [1.165, 1.54) is 12.0 Å². The lowest BCUT2D eigenvalue weighted by atomic mass is 9.99. The van der Waals surface area contributed by atoms with Crippen LogP contribution in [0.15, 0.2) is 30.3 Å². The molecule has 1 N–H and O–H groups in total. The summed E-state index contributed by atoms with van der Waals surface area (Å²) in [5, 5.41) is 3.10. The third-order valence-electron chi connectivity index (χ3n) is 4.86. The number of amides is 1. The highest BCUT2D eigenvalue weighted by molar-refractivity contribution is 5.78. The van der Waals surface area contributed by atoms with Crippen LogP contribution in [-0.4, -0.2) is 50.2 Å². The summed E-state index contributed by atoms with van der Waals surface area (Å²) in [6.45, 7) is 5.41. The first-order valence-electron chi connectivity index (χ1n) is 8.45. The first kappa shape index (κ1) is 15.5. The van der Waals surface area contributed by atoms with Crippen molar-refractivity contribution in [2.75, 3.05) is 39.4 Å². The Labute approximate surface area is 132 Å². The number of rotatable bonds is 5. The number of nitrogens with zero attached hydrogens (tertiary/aromatic N) is 1. The molecular formula is C18H26N2O2. The Kier molecular flexibility index (Phi) is 5.46. The van der Waals surface area contributed by atoms with Crippen LogP contribution in [0.1, 0.15) is 30.7 Å². The van der Waals surface area contributed by atoms with Crippen molar-refractivity contribution in [1.82, 2.24) is 10.2 Å². The Hall–Kier alpha value is -1.39. The first-order valence-corrected chi connectivity index (χ1v) is 8.45. The van der Waals surface area contributed by atoms with Crippen LogP contribution in [-0.2, 0) is 9.53 Å². The molecule has 0 aromatic heterocycles. The van der Waals surface area contributed by atoms with Crippen molar-refractivity contribution >= 4 is 5.91 Å². The van der Waals surface area contributed by atoms with Crippen molar-refractivity contribution in [3.63, 3.8) is 0 Å². The number of carbonyl (C=O) groups excluding carboxylic acids is 1. The summed E-state index contributed by atoms with van der Waals surface area (Å²) in [6, 6.07) is 10.8. The smallest absolute Gasteiger partial charge is 0.223 e. The maximum Gasteiger partial charge on any atom is 0.223 e. The highest BCUT2D eigenvalue weighted by Gasteiger charge is 2.24. The Balaban J connectivity index is 1.37. The average molecular weight is 302 g/mol. The molecule has 0 aliphatic carbocycles. The maximum atomic E-state index is 12.1. The Morgan fingerprint density at radius 3 is 2.73 bits per heavy atom. The molecule has 0 bridgehead atoms. The molecule has 2 aliphatic rings. The Bertz CT molecular complexity index is 471. The molecule has 1 aromatic carbocycles. The Morgan fingerprint density at radius 1 is 1.18 bits per heavy atom. The molecule has 2 fully saturated rings. The van der Waals surface area contributed by atoms with E-state index in [-0.39, 0.29) is 11.8 Å². The van der Waals surface area contributed by atoms with E-state index in [1.54, 1.807) is 0 Å². The van der Waals surface area contributed by atoms with Crippen molar-refractivity contribution in [3.05, 3.63) is 35.9 Å². The van der Waals surface area contributed by atoms with Crippen LogP contribution >= 0.6 is 0 Å². The van der Waals surface area contributed by atoms with Crippen molar-refractivity contribution in [3.8, 4) is 0 Å². The van der Waals surface area contributed by atoms with Crippen LogP contribution in [0, 0.1) is 5.92 Å². The van der Waals surface area contributed by atoms with Gasteiger partial charge in [-0.15, -0.1) is 0 Å². The van der Waals surface area contributed by atoms with Gasteiger partial charge in [-0.3, -0.25) is 4.79 Å². The van der Waals surface area contributed by atoms with Gasteiger partial charge in [-0.2, -0.15) is 0 Å². The Morgan fingerprint density at radius 2 is 1.95 bits per heavy atom. The predicted octanol–water partition coefficient (Wildman–Crippen LogP) is 2.02. The normalized spacial score (nSPS) is 23.5. The highest BCUT2D eigenvalue weighted by atomic mass is 16.5. The number of hydrogen-bond donors (Lipinski definition) is 1. The fourth-order valence-corrected chi connectivity index (χ4v) is 3.47. The van der Waals surface area contributed by atoms with Crippen LogP contribution in [0.3, 0.4) is 0 Å².